The van der Waals surface area contributed by atoms with Crippen LogP contribution in [-0.4, -0.2) is 13.2 Å². The Bertz CT molecular complexity index is 1020. The van der Waals surface area contributed by atoms with Crippen molar-refractivity contribution in [1.82, 2.24) is 0 Å². The van der Waals surface area contributed by atoms with Crippen LogP contribution in [0.5, 0.6) is 11.5 Å². The van der Waals surface area contributed by atoms with Crippen LogP contribution in [0.3, 0.4) is 0 Å². The van der Waals surface area contributed by atoms with Crippen LogP contribution >= 0.6 is 0 Å². The first kappa shape index (κ1) is 26.8. The van der Waals surface area contributed by atoms with Crippen molar-refractivity contribution in [2.24, 2.45) is 23.7 Å². The van der Waals surface area contributed by atoms with Gasteiger partial charge in [-0.05, 0) is 87.0 Å². The molecule has 2 fully saturated rings. The van der Waals surface area contributed by atoms with Gasteiger partial charge in [-0.25, -0.2) is 8.78 Å². The number of hydrogen-bond donors (Lipinski definition) is 0. The Morgan fingerprint density at radius 1 is 0.667 bits per heavy atom. The summed E-state index contributed by atoms with van der Waals surface area (Å²) in [7, 11) is 0. The number of fused-ring (bicyclic) bond motifs is 1. The molecule has 0 N–H and O–H groups in total. The molecule has 4 rings (SSSR count). The minimum Gasteiger partial charge on any atom is -0.491 e. The highest BCUT2D eigenvalue weighted by molar-refractivity contribution is 5.67. The highest BCUT2D eigenvalue weighted by atomic mass is 19.2. The standard InChI is InChI=1S/C30H38F4O2/c1-3-5-6-7-19-8-10-22-17-20(9-11-21(22)16-19)18-36-26-15-13-24(28(32)30(26)34)23-12-14-25(35-4-2)29(33)27(23)31/h12-15,19-22H,3-11,16-18H2,1-2H3. The minimum absolute atomic E-state index is 0.159. The van der Waals surface area contributed by atoms with Gasteiger partial charge in [0.15, 0.2) is 23.1 Å². The van der Waals surface area contributed by atoms with Crippen molar-refractivity contribution in [3.8, 4) is 22.6 Å². The van der Waals surface area contributed by atoms with Crippen LogP contribution in [0.2, 0.25) is 0 Å². The maximum absolute atomic E-state index is 14.9. The molecule has 0 heterocycles. The SMILES string of the molecule is CCCCCC1CCC2CC(COc3ccc(-c4ccc(OCC)c(F)c4F)c(F)c3F)CCC2C1. The Morgan fingerprint density at radius 2 is 1.22 bits per heavy atom. The molecule has 0 amide bonds. The molecular weight excluding hydrogens is 468 g/mol. The molecule has 0 aliphatic heterocycles. The van der Waals surface area contributed by atoms with Gasteiger partial charge in [-0.2, -0.15) is 8.78 Å². The van der Waals surface area contributed by atoms with E-state index >= 15 is 0 Å². The molecule has 2 aliphatic rings. The fraction of sp³-hybridized carbons (Fsp3) is 0.600. The topological polar surface area (TPSA) is 18.5 Å². The molecule has 2 aliphatic carbocycles. The minimum atomic E-state index is -1.27. The Labute approximate surface area is 212 Å². The van der Waals surface area contributed by atoms with E-state index in [0.717, 1.165) is 24.7 Å². The number of halogens is 4. The molecule has 0 spiro atoms. The maximum atomic E-state index is 14.9. The molecule has 198 valence electrons. The third-order valence-electron chi connectivity index (χ3n) is 8.20. The zero-order chi connectivity index (χ0) is 25.7. The van der Waals surface area contributed by atoms with Gasteiger partial charge in [0.1, 0.15) is 0 Å². The summed E-state index contributed by atoms with van der Waals surface area (Å²) in [6.45, 7) is 4.39. The summed E-state index contributed by atoms with van der Waals surface area (Å²) in [5.74, 6) is -2.69. The van der Waals surface area contributed by atoms with E-state index in [1.54, 1.807) is 6.92 Å². The Balaban J connectivity index is 1.35. The second-order valence-electron chi connectivity index (χ2n) is 10.6. The highest BCUT2D eigenvalue weighted by Gasteiger charge is 2.35. The molecule has 0 saturated heterocycles. The summed E-state index contributed by atoms with van der Waals surface area (Å²) in [6, 6.07) is 4.95. The van der Waals surface area contributed by atoms with Crippen LogP contribution in [0, 0.1) is 46.9 Å². The van der Waals surface area contributed by atoms with Gasteiger partial charge in [0.2, 0.25) is 11.6 Å². The molecule has 36 heavy (non-hydrogen) atoms. The molecule has 0 bridgehead atoms. The Hall–Kier alpha value is -2.24. The number of unbranched alkanes of at least 4 members (excludes halogenated alkanes) is 2. The molecule has 2 aromatic rings. The first-order valence-corrected chi connectivity index (χ1v) is 13.6. The average Bonchev–Trinajstić information content (AvgIpc) is 2.88. The molecule has 2 nitrogen and oxygen atoms in total. The molecule has 2 saturated carbocycles. The Kier molecular flexibility index (Phi) is 9.19. The van der Waals surface area contributed by atoms with E-state index in [9.17, 15) is 17.6 Å². The van der Waals surface area contributed by atoms with Gasteiger partial charge in [-0.3, -0.25) is 0 Å². The van der Waals surface area contributed by atoms with Crippen molar-refractivity contribution in [3.63, 3.8) is 0 Å². The van der Waals surface area contributed by atoms with Crippen LogP contribution in [0.25, 0.3) is 11.1 Å². The van der Waals surface area contributed by atoms with Crippen molar-refractivity contribution in [3.05, 3.63) is 47.5 Å². The molecule has 0 radical (unpaired) electrons. The van der Waals surface area contributed by atoms with E-state index in [0.29, 0.717) is 18.4 Å². The first-order valence-electron chi connectivity index (χ1n) is 13.6. The summed E-state index contributed by atoms with van der Waals surface area (Å²) in [4.78, 5) is 0. The van der Waals surface area contributed by atoms with Gasteiger partial charge in [0.05, 0.1) is 13.2 Å². The number of benzene rings is 2. The van der Waals surface area contributed by atoms with Crippen LogP contribution in [-0.2, 0) is 0 Å². The highest BCUT2D eigenvalue weighted by Crippen LogP contribution is 2.46. The van der Waals surface area contributed by atoms with Crippen LogP contribution in [0.15, 0.2) is 24.3 Å². The van der Waals surface area contributed by atoms with Gasteiger partial charge in [0, 0.05) is 11.1 Å². The normalized spacial score (nSPS) is 23.8. The molecule has 6 heteroatoms. The molecule has 0 aromatic heterocycles. The lowest BCUT2D eigenvalue weighted by molar-refractivity contribution is 0.0734. The summed E-state index contributed by atoms with van der Waals surface area (Å²) < 4.78 is 69.2. The number of hydrogen-bond acceptors (Lipinski definition) is 2. The monoisotopic (exact) mass is 506 g/mol. The number of rotatable bonds is 10. The number of ether oxygens (including phenoxy) is 2. The van der Waals surface area contributed by atoms with Gasteiger partial charge in [-0.1, -0.05) is 39.0 Å². The van der Waals surface area contributed by atoms with Crippen molar-refractivity contribution < 1.29 is 27.0 Å². The van der Waals surface area contributed by atoms with E-state index in [4.69, 9.17) is 9.47 Å². The van der Waals surface area contributed by atoms with Gasteiger partial charge in [-0.15, -0.1) is 0 Å². The molecule has 4 unspecified atom stereocenters. The molecular formula is C30H38F4O2. The van der Waals surface area contributed by atoms with E-state index in [-0.39, 0.29) is 29.2 Å². The van der Waals surface area contributed by atoms with Crippen molar-refractivity contribution in [2.75, 3.05) is 13.2 Å². The summed E-state index contributed by atoms with van der Waals surface area (Å²) in [5, 5.41) is 0. The first-order chi connectivity index (χ1) is 17.4. The zero-order valence-corrected chi connectivity index (χ0v) is 21.4. The summed E-state index contributed by atoms with van der Waals surface area (Å²) >= 11 is 0. The lowest BCUT2D eigenvalue weighted by Gasteiger charge is -2.42. The summed E-state index contributed by atoms with van der Waals surface area (Å²) in [6.07, 6.45) is 12.5. The van der Waals surface area contributed by atoms with Crippen LogP contribution < -0.4 is 9.47 Å². The molecule has 2 aromatic carbocycles. The van der Waals surface area contributed by atoms with E-state index in [1.165, 1.54) is 75.6 Å². The molecule has 4 atom stereocenters. The fourth-order valence-electron chi connectivity index (χ4n) is 6.25. The quantitative estimate of drug-likeness (QED) is 0.236. The van der Waals surface area contributed by atoms with Crippen LogP contribution in [0.1, 0.15) is 78.1 Å². The predicted molar refractivity (Wildman–Crippen MR) is 134 cm³/mol. The van der Waals surface area contributed by atoms with Crippen molar-refractivity contribution in [1.29, 1.82) is 0 Å². The largest absolute Gasteiger partial charge is 0.491 e. The summed E-state index contributed by atoms with van der Waals surface area (Å²) in [5.41, 5.74) is -0.710. The van der Waals surface area contributed by atoms with E-state index in [2.05, 4.69) is 6.92 Å². The van der Waals surface area contributed by atoms with Crippen molar-refractivity contribution in [2.45, 2.75) is 78.1 Å². The third kappa shape index (κ3) is 6.00. The maximum Gasteiger partial charge on any atom is 0.201 e. The van der Waals surface area contributed by atoms with Gasteiger partial charge in [0.25, 0.3) is 0 Å². The predicted octanol–water partition coefficient (Wildman–Crippen LogP) is 9.10. The van der Waals surface area contributed by atoms with E-state index < -0.39 is 23.3 Å². The van der Waals surface area contributed by atoms with Crippen molar-refractivity contribution >= 4 is 0 Å². The zero-order valence-electron chi connectivity index (χ0n) is 21.4. The average molecular weight is 507 g/mol. The smallest absolute Gasteiger partial charge is 0.201 e. The lowest BCUT2D eigenvalue weighted by atomic mass is 9.64. The second kappa shape index (κ2) is 12.3. The fourth-order valence-corrected chi connectivity index (χ4v) is 6.25. The second-order valence-corrected chi connectivity index (χ2v) is 10.6. The lowest BCUT2D eigenvalue weighted by Crippen LogP contribution is -2.33. The third-order valence-corrected chi connectivity index (χ3v) is 8.20. The van der Waals surface area contributed by atoms with Gasteiger partial charge >= 0.3 is 0 Å². The Morgan fingerprint density at radius 3 is 1.81 bits per heavy atom. The van der Waals surface area contributed by atoms with E-state index in [1.807, 2.05) is 0 Å². The van der Waals surface area contributed by atoms with Gasteiger partial charge < -0.3 is 9.47 Å². The van der Waals surface area contributed by atoms with Crippen LogP contribution in [0.4, 0.5) is 17.6 Å².